The molecule has 0 spiro atoms. The van der Waals surface area contributed by atoms with Crippen LogP contribution in [0.1, 0.15) is 6.42 Å². The normalized spacial score (nSPS) is 16.6. The van der Waals surface area contributed by atoms with Crippen molar-refractivity contribution >= 4 is 22.6 Å². The molecule has 0 amide bonds. The third kappa shape index (κ3) is 3.44. The Kier molecular flexibility index (Phi) is 5.03. The maximum atomic E-state index is 12.5. The van der Waals surface area contributed by atoms with Crippen LogP contribution in [0.2, 0.25) is 0 Å². The highest BCUT2D eigenvalue weighted by Gasteiger charge is 2.70. The first-order chi connectivity index (χ1) is 7.69. The van der Waals surface area contributed by atoms with Crippen LogP contribution in [-0.2, 0) is 0 Å². The van der Waals surface area contributed by atoms with E-state index in [4.69, 9.17) is 0 Å². The predicted molar refractivity (Wildman–Crippen MR) is 53.2 cm³/mol. The van der Waals surface area contributed by atoms with Crippen LogP contribution in [0.25, 0.3) is 0 Å². The van der Waals surface area contributed by atoms with E-state index in [9.17, 15) is 39.5 Å². The largest absolute Gasteiger partial charge is 0.406 e. The number of alkyl halides is 10. The Labute approximate surface area is 109 Å². The minimum Gasteiger partial charge on any atom is -0.170 e. The second-order valence-corrected chi connectivity index (χ2v) is 4.89. The van der Waals surface area contributed by atoms with E-state index in [1.54, 1.807) is 0 Å². The molecule has 0 aliphatic rings. The van der Waals surface area contributed by atoms with Crippen molar-refractivity contribution in [2.45, 2.75) is 28.9 Å². The molecule has 0 aliphatic heterocycles. The minimum absolute atomic E-state index is 0.504. The number of halogens is 10. The molecule has 18 heavy (non-hydrogen) atoms. The third-order valence-electron chi connectivity index (χ3n) is 2.22. The molecule has 0 heterocycles. The first-order valence-electron chi connectivity index (χ1n) is 4.17. The van der Waals surface area contributed by atoms with Crippen molar-refractivity contribution in [2.75, 3.05) is 0 Å². The van der Waals surface area contributed by atoms with Gasteiger partial charge < -0.3 is 0 Å². The number of allylic oxidation sites excluding steroid dienone is 1. The first-order valence-corrected chi connectivity index (χ1v) is 5.41. The molecule has 0 aromatic rings. The molecule has 0 aromatic heterocycles. The lowest BCUT2D eigenvalue weighted by molar-refractivity contribution is -0.326. The van der Waals surface area contributed by atoms with Crippen molar-refractivity contribution in [2.24, 2.45) is 5.41 Å². The summed E-state index contributed by atoms with van der Waals surface area (Å²) in [6.07, 6.45) is -19.7. The Morgan fingerprint density at radius 3 is 1.39 bits per heavy atom. The van der Waals surface area contributed by atoms with Crippen molar-refractivity contribution < 1.29 is 39.5 Å². The summed E-state index contributed by atoms with van der Waals surface area (Å²) in [6, 6.07) is 0. The molecule has 1 atom stereocenters. The average Bonchev–Trinajstić information content (AvgIpc) is 2.07. The summed E-state index contributed by atoms with van der Waals surface area (Å²) in [5.74, 6) is 0. The third-order valence-corrected chi connectivity index (χ3v) is 3.36. The SMILES string of the molecule is C=CC(CC(I)C(F)(F)F)(C(F)(F)F)C(F)(F)F. The van der Waals surface area contributed by atoms with Crippen LogP contribution < -0.4 is 0 Å². The Hall–Kier alpha value is -0.160. The van der Waals surface area contributed by atoms with E-state index in [1.807, 2.05) is 0 Å². The van der Waals surface area contributed by atoms with Gasteiger partial charge in [0.25, 0.3) is 0 Å². The molecular weight excluding hydrogens is 394 g/mol. The molecular formula is C8H6F9I. The van der Waals surface area contributed by atoms with Crippen LogP contribution in [0.15, 0.2) is 12.7 Å². The molecule has 0 N–H and O–H groups in total. The second kappa shape index (κ2) is 5.08. The van der Waals surface area contributed by atoms with Crippen LogP contribution in [0, 0.1) is 5.41 Å². The van der Waals surface area contributed by atoms with Gasteiger partial charge in [-0.1, -0.05) is 28.7 Å². The van der Waals surface area contributed by atoms with Crippen molar-refractivity contribution in [3.05, 3.63) is 12.7 Å². The second-order valence-electron chi connectivity index (χ2n) is 3.38. The zero-order chi connectivity index (χ0) is 15.0. The van der Waals surface area contributed by atoms with Gasteiger partial charge in [0.15, 0.2) is 5.41 Å². The highest BCUT2D eigenvalue weighted by Crippen LogP contribution is 2.56. The Morgan fingerprint density at radius 1 is 0.889 bits per heavy atom. The summed E-state index contributed by atoms with van der Waals surface area (Å²) in [5.41, 5.74) is -4.57. The van der Waals surface area contributed by atoms with Gasteiger partial charge in [-0.15, -0.1) is 6.58 Å². The van der Waals surface area contributed by atoms with E-state index >= 15 is 0 Å². The molecule has 0 nitrogen and oxygen atoms in total. The van der Waals surface area contributed by atoms with E-state index in [0.29, 0.717) is 22.6 Å². The highest BCUT2D eigenvalue weighted by molar-refractivity contribution is 14.1. The van der Waals surface area contributed by atoms with Gasteiger partial charge in [-0.3, -0.25) is 0 Å². The zero-order valence-electron chi connectivity index (χ0n) is 8.35. The molecule has 0 rings (SSSR count). The molecule has 1 unspecified atom stereocenters. The first kappa shape index (κ1) is 17.8. The topological polar surface area (TPSA) is 0 Å². The van der Waals surface area contributed by atoms with Gasteiger partial charge in [0.05, 0.1) is 0 Å². The van der Waals surface area contributed by atoms with Gasteiger partial charge in [0.1, 0.15) is 3.92 Å². The van der Waals surface area contributed by atoms with Crippen LogP contribution >= 0.6 is 22.6 Å². The fraction of sp³-hybridized carbons (Fsp3) is 0.750. The van der Waals surface area contributed by atoms with Crippen LogP contribution in [0.4, 0.5) is 39.5 Å². The van der Waals surface area contributed by atoms with Gasteiger partial charge in [0.2, 0.25) is 0 Å². The summed E-state index contributed by atoms with van der Waals surface area (Å²) in [6.45, 7) is 2.39. The molecule has 0 fully saturated rings. The monoisotopic (exact) mass is 400 g/mol. The van der Waals surface area contributed by atoms with E-state index in [2.05, 4.69) is 6.58 Å². The van der Waals surface area contributed by atoms with Crippen LogP contribution in [-0.4, -0.2) is 22.5 Å². The smallest absolute Gasteiger partial charge is 0.170 e. The maximum Gasteiger partial charge on any atom is 0.406 e. The van der Waals surface area contributed by atoms with E-state index in [1.165, 1.54) is 0 Å². The van der Waals surface area contributed by atoms with Crippen molar-refractivity contribution in [1.82, 2.24) is 0 Å². The molecule has 0 aliphatic carbocycles. The summed E-state index contributed by atoms with van der Waals surface area (Å²) < 4.78 is 108. The molecule has 0 aromatic carbocycles. The Balaban J connectivity index is 5.59. The number of rotatable bonds is 3. The minimum atomic E-state index is -5.90. The van der Waals surface area contributed by atoms with Gasteiger partial charge in [0, 0.05) is 0 Å². The molecule has 0 saturated heterocycles. The summed E-state index contributed by atoms with van der Waals surface area (Å²) in [5, 5.41) is 0. The van der Waals surface area contributed by atoms with Crippen LogP contribution in [0.3, 0.4) is 0 Å². The van der Waals surface area contributed by atoms with Crippen LogP contribution in [0.5, 0.6) is 0 Å². The van der Waals surface area contributed by atoms with Gasteiger partial charge in [-0.25, -0.2) is 0 Å². The fourth-order valence-corrected chi connectivity index (χ4v) is 1.80. The highest BCUT2D eigenvalue weighted by atomic mass is 127. The standard InChI is InChI=1S/C8H6F9I/c1-2-5(7(12,13)14,8(15,16)17)3-4(18)6(9,10)11/h2,4H,1,3H2. The van der Waals surface area contributed by atoms with Gasteiger partial charge >= 0.3 is 18.5 Å². The lowest BCUT2D eigenvalue weighted by atomic mass is 9.81. The molecule has 0 bridgehead atoms. The van der Waals surface area contributed by atoms with E-state index in [-0.39, 0.29) is 0 Å². The molecule has 0 saturated carbocycles. The van der Waals surface area contributed by atoms with Gasteiger partial charge in [-0.2, -0.15) is 39.5 Å². The molecule has 10 heteroatoms. The fourth-order valence-electron chi connectivity index (χ4n) is 1.11. The summed E-state index contributed by atoms with van der Waals surface area (Å²) >= 11 is 0.504. The van der Waals surface area contributed by atoms with Crippen molar-refractivity contribution in [1.29, 1.82) is 0 Å². The molecule has 108 valence electrons. The molecule has 0 radical (unpaired) electrons. The van der Waals surface area contributed by atoms with E-state index in [0.717, 1.165) is 0 Å². The average molecular weight is 400 g/mol. The summed E-state index contributed by atoms with van der Waals surface area (Å²) in [4.78, 5) is 0. The zero-order valence-corrected chi connectivity index (χ0v) is 10.5. The van der Waals surface area contributed by atoms with Gasteiger partial charge in [-0.05, 0) is 6.42 Å². The Bertz CT molecular complexity index is 283. The summed E-state index contributed by atoms with van der Waals surface area (Å²) in [7, 11) is 0. The lowest BCUT2D eigenvalue weighted by Gasteiger charge is -2.36. The lowest BCUT2D eigenvalue weighted by Crippen LogP contribution is -2.51. The number of hydrogen-bond donors (Lipinski definition) is 0. The maximum absolute atomic E-state index is 12.5. The number of hydrogen-bond acceptors (Lipinski definition) is 0. The Morgan fingerprint density at radius 2 is 1.22 bits per heavy atom. The predicted octanol–water partition coefficient (Wildman–Crippen LogP) is 5.04. The van der Waals surface area contributed by atoms with E-state index < -0.39 is 40.4 Å². The van der Waals surface area contributed by atoms with Crippen molar-refractivity contribution in [3.8, 4) is 0 Å². The van der Waals surface area contributed by atoms with Crippen molar-refractivity contribution in [3.63, 3.8) is 0 Å². The quantitative estimate of drug-likeness (QED) is 0.270.